The highest BCUT2D eigenvalue weighted by Crippen LogP contribution is 2.36. The summed E-state index contributed by atoms with van der Waals surface area (Å²) in [6, 6.07) is 19.9. The molecule has 0 spiro atoms. The number of benzene rings is 2. The normalized spacial score (nSPS) is 17.9. The van der Waals surface area contributed by atoms with E-state index >= 15 is 0 Å². The lowest BCUT2D eigenvalue weighted by molar-refractivity contribution is -0.123. The first-order chi connectivity index (χ1) is 11.7. The van der Waals surface area contributed by atoms with Gasteiger partial charge in [0.1, 0.15) is 4.32 Å². The van der Waals surface area contributed by atoms with Crippen LogP contribution in [0.25, 0.3) is 6.08 Å². The molecule has 2 aromatic carbocycles. The van der Waals surface area contributed by atoms with Crippen LogP contribution >= 0.6 is 24.0 Å². The van der Waals surface area contributed by atoms with Gasteiger partial charge >= 0.3 is 0 Å². The molecular weight excluding hydrogens is 334 g/mol. The van der Waals surface area contributed by atoms with Crippen molar-refractivity contribution in [3.63, 3.8) is 0 Å². The number of hydrogen-bond donors (Lipinski definition) is 0. The summed E-state index contributed by atoms with van der Waals surface area (Å²) in [5, 5.41) is 0. The van der Waals surface area contributed by atoms with Gasteiger partial charge in [-0.15, -0.1) is 0 Å². The molecule has 1 amide bonds. The zero-order chi connectivity index (χ0) is 16.9. The maximum atomic E-state index is 12.7. The Bertz CT molecular complexity index is 797. The Morgan fingerprint density at radius 1 is 1.04 bits per heavy atom. The lowest BCUT2D eigenvalue weighted by Crippen LogP contribution is -2.30. The quantitative estimate of drug-likeness (QED) is 0.557. The van der Waals surface area contributed by atoms with E-state index in [0.29, 0.717) is 9.23 Å². The Kier molecular flexibility index (Phi) is 5.28. The summed E-state index contributed by atoms with van der Waals surface area (Å²) in [4.78, 5) is 15.0. The number of thiocarbonyl (C=S) groups is 1. The predicted octanol–water partition coefficient (Wildman–Crippen LogP) is 5.21. The summed E-state index contributed by atoms with van der Waals surface area (Å²) in [6.07, 6.45) is 5.71. The lowest BCUT2D eigenvalue weighted by atomic mass is 10.1. The van der Waals surface area contributed by atoms with Crippen molar-refractivity contribution in [1.82, 2.24) is 4.90 Å². The zero-order valence-corrected chi connectivity index (χ0v) is 14.9. The topological polar surface area (TPSA) is 20.3 Å². The summed E-state index contributed by atoms with van der Waals surface area (Å²) in [5.41, 5.74) is 2.18. The Hall–Kier alpha value is -2.17. The third kappa shape index (κ3) is 3.66. The summed E-state index contributed by atoms with van der Waals surface area (Å²) in [7, 11) is 0. The molecule has 0 saturated carbocycles. The number of nitrogens with zero attached hydrogens (tertiary/aromatic N) is 1. The molecule has 0 aliphatic carbocycles. The second kappa shape index (κ2) is 7.60. The van der Waals surface area contributed by atoms with Crippen molar-refractivity contribution in [2.45, 2.75) is 13.0 Å². The molecule has 0 N–H and O–H groups in total. The van der Waals surface area contributed by atoms with Crippen LogP contribution in [0.3, 0.4) is 0 Å². The molecule has 1 aliphatic heterocycles. The molecule has 1 aliphatic rings. The van der Waals surface area contributed by atoms with Gasteiger partial charge in [-0.05, 0) is 24.1 Å². The van der Waals surface area contributed by atoms with Crippen molar-refractivity contribution in [2.75, 3.05) is 0 Å². The average molecular weight is 351 g/mol. The van der Waals surface area contributed by atoms with Crippen LogP contribution in [0.5, 0.6) is 0 Å². The molecule has 1 fully saturated rings. The largest absolute Gasteiger partial charge is 0.286 e. The first-order valence-corrected chi connectivity index (χ1v) is 8.93. The summed E-state index contributed by atoms with van der Waals surface area (Å²) < 4.78 is 0.607. The van der Waals surface area contributed by atoms with E-state index < -0.39 is 0 Å². The van der Waals surface area contributed by atoms with E-state index in [4.69, 9.17) is 12.2 Å². The minimum Gasteiger partial charge on any atom is -0.286 e. The predicted molar refractivity (Wildman–Crippen MR) is 105 cm³/mol. The van der Waals surface area contributed by atoms with Crippen LogP contribution in [0.2, 0.25) is 0 Å². The molecule has 0 bridgehead atoms. The second-order valence-electron chi connectivity index (χ2n) is 5.43. The Morgan fingerprint density at radius 3 is 2.33 bits per heavy atom. The molecule has 120 valence electrons. The molecule has 2 aromatic rings. The summed E-state index contributed by atoms with van der Waals surface area (Å²) >= 11 is 6.78. The maximum absolute atomic E-state index is 12.7. The monoisotopic (exact) mass is 351 g/mol. The van der Waals surface area contributed by atoms with Gasteiger partial charge < -0.3 is 0 Å². The van der Waals surface area contributed by atoms with Gasteiger partial charge in [-0.1, -0.05) is 96.8 Å². The van der Waals surface area contributed by atoms with Crippen molar-refractivity contribution in [3.05, 3.63) is 88.8 Å². The van der Waals surface area contributed by atoms with E-state index in [-0.39, 0.29) is 11.9 Å². The Morgan fingerprint density at radius 2 is 1.67 bits per heavy atom. The van der Waals surface area contributed by atoms with Crippen LogP contribution in [0.1, 0.15) is 24.1 Å². The van der Waals surface area contributed by atoms with Crippen molar-refractivity contribution < 1.29 is 4.79 Å². The second-order valence-corrected chi connectivity index (χ2v) is 7.11. The van der Waals surface area contributed by atoms with Crippen LogP contribution < -0.4 is 0 Å². The van der Waals surface area contributed by atoms with Crippen LogP contribution in [-0.2, 0) is 4.79 Å². The molecule has 0 unspecified atom stereocenters. The highest BCUT2D eigenvalue weighted by Gasteiger charge is 2.35. The smallest absolute Gasteiger partial charge is 0.266 e. The number of thioether (sulfide) groups is 1. The highest BCUT2D eigenvalue weighted by molar-refractivity contribution is 8.26. The van der Waals surface area contributed by atoms with E-state index in [9.17, 15) is 4.79 Å². The SMILES string of the molecule is C[C@H](c1ccccc1)N1C(=O)/C(=C/C=C/c2ccccc2)SC1=S. The van der Waals surface area contributed by atoms with Crippen molar-refractivity contribution >= 4 is 40.3 Å². The number of carbonyl (C=O) groups excluding carboxylic acids is 1. The molecule has 3 rings (SSSR count). The molecule has 1 heterocycles. The van der Waals surface area contributed by atoms with E-state index in [2.05, 4.69) is 0 Å². The zero-order valence-electron chi connectivity index (χ0n) is 13.3. The van der Waals surface area contributed by atoms with Crippen molar-refractivity contribution in [2.24, 2.45) is 0 Å². The minimum atomic E-state index is -0.0669. The third-order valence-electron chi connectivity index (χ3n) is 3.83. The number of rotatable bonds is 4. The lowest BCUT2D eigenvalue weighted by Gasteiger charge is -2.23. The van der Waals surface area contributed by atoms with Gasteiger partial charge in [0.15, 0.2) is 0 Å². The highest BCUT2D eigenvalue weighted by atomic mass is 32.2. The average Bonchev–Trinajstić information content (AvgIpc) is 2.90. The number of carbonyl (C=O) groups is 1. The third-order valence-corrected chi connectivity index (χ3v) is 5.18. The standard InChI is InChI=1S/C20H17NOS2/c1-15(17-12-6-3-7-13-17)21-19(22)18(24-20(21)23)14-8-11-16-9-4-2-5-10-16/h2-15H,1H3/b11-8+,18-14-/t15-/m1/s1. The molecule has 4 heteroatoms. The van der Waals surface area contributed by atoms with Crippen LogP contribution in [0, 0.1) is 0 Å². The fourth-order valence-corrected chi connectivity index (χ4v) is 3.89. The van der Waals surface area contributed by atoms with Gasteiger partial charge in [-0.25, -0.2) is 0 Å². The fraction of sp³-hybridized carbons (Fsp3) is 0.100. The Balaban J connectivity index is 1.76. The molecule has 24 heavy (non-hydrogen) atoms. The van der Waals surface area contributed by atoms with E-state index in [1.807, 2.05) is 85.8 Å². The summed E-state index contributed by atoms with van der Waals surface area (Å²) in [6.45, 7) is 2.00. The van der Waals surface area contributed by atoms with Gasteiger partial charge in [0, 0.05) is 0 Å². The van der Waals surface area contributed by atoms with E-state index in [0.717, 1.165) is 11.1 Å². The van der Waals surface area contributed by atoms with Crippen molar-refractivity contribution in [3.8, 4) is 0 Å². The molecule has 0 radical (unpaired) electrons. The number of hydrogen-bond acceptors (Lipinski definition) is 3. The van der Waals surface area contributed by atoms with Crippen molar-refractivity contribution in [1.29, 1.82) is 0 Å². The van der Waals surface area contributed by atoms with Crippen LogP contribution in [0.4, 0.5) is 0 Å². The molecule has 2 nitrogen and oxygen atoms in total. The number of amides is 1. The molecule has 0 aromatic heterocycles. The maximum Gasteiger partial charge on any atom is 0.266 e. The first kappa shape index (κ1) is 16.7. The van der Waals surface area contributed by atoms with Gasteiger partial charge in [0.2, 0.25) is 0 Å². The first-order valence-electron chi connectivity index (χ1n) is 7.70. The van der Waals surface area contributed by atoms with Crippen LogP contribution in [0.15, 0.2) is 77.7 Å². The van der Waals surface area contributed by atoms with Gasteiger partial charge in [-0.3, -0.25) is 9.69 Å². The molecular formula is C20H17NOS2. The Labute approximate surface area is 151 Å². The van der Waals surface area contributed by atoms with Gasteiger partial charge in [0.05, 0.1) is 10.9 Å². The van der Waals surface area contributed by atoms with Gasteiger partial charge in [-0.2, -0.15) is 0 Å². The van der Waals surface area contributed by atoms with Gasteiger partial charge in [0.25, 0.3) is 5.91 Å². The molecule has 1 atom stereocenters. The minimum absolute atomic E-state index is 0.0286. The van der Waals surface area contributed by atoms with E-state index in [1.165, 1.54) is 11.8 Å². The molecule has 1 saturated heterocycles. The van der Waals surface area contributed by atoms with E-state index in [1.54, 1.807) is 4.90 Å². The number of allylic oxidation sites excluding steroid dienone is 2. The van der Waals surface area contributed by atoms with Crippen LogP contribution in [-0.4, -0.2) is 15.1 Å². The fourth-order valence-electron chi connectivity index (χ4n) is 2.52. The summed E-state index contributed by atoms with van der Waals surface area (Å²) in [5.74, 6) is -0.0286.